The molecular formula is C21H23NO3. The monoisotopic (exact) mass is 337 g/mol. The van der Waals surface area contributed by atoms with Crippen molar-refractivity contribution in [2.24, 2.45) is 0 Å². The second-order valence-electron chi connectivity index (χ2n) is 5.63. The molecule has 130 valence electrons. The summed E-state index contributed by atoms with van der Waals surface area (Å²) in [6.45, 7) is 4.33. The Morgan fingerprint density at radius 3 is 2.28 bits per heavy atom. The van der Waals surface area contributed by atoms with E-state index in [1.165, 1.54) is 0 Å². The van der Waals surface area contributed by atoms with Crippen LogP contribution in [0.1, 0.15) is 29.6 Å². The number of rotatable bonds is 9. The number of hydrogen-bond acceptors (Lipinski definition) is 3. The van der Waals surface area contributed by atoms with Crippen molar-refractivity contribution in [3.8, 4) is 11.1 Å². The van der Waals surface area contributed by atoms with Crippen molar-refractivity contribution in [3.63, 3.8) is 0 Å². The number of unbranched alkanes of at least 4 members (excludes halogenated alkanes) is 2. The van der Waals surface area contributed by atoms with E-state index in [-0.39, 0.29) is 5.91 Å². The first-order valence-corrected chi connectivity index (χ1v) is 8.43. The van der Waals surface area contributed by atoms with E-state index >= 15 is 0 Å². The number of hydrogen-bond donors (Lipinski definition) is 1. The van der Waals surface area contributed by atoms with Crippen LogP contribution in [-0.2, 0) is 9.53 Å². The third-order valence-electron chi connectivity index (χ3n) is 3.77. The normalized spacial score (nSPS) is 10.1. The third-order valence-corrected chi connectivity index (χ3v) is 3.77. The zero-order valence-electron chi connectivity index (χ0n) is 14.2. The summed E-state index contributed by atoms with van der Waals surface area (Å²) in [7, 11) is 0. The van der Waals surface area contributed by atoms with Crippen molar-refractivity contribution in [2.45, 2.75) is 19.3 Å². The quantitative estimate of drug-likeness (QED) is 0.428. The van der Waals surface area contributed by atoms with Gasteiger partial charge in [0.1, 0.15) is 0 Å². The molecular weight excluding hydrogens is 314 g/mol. The molecule has 25 heavy (non-hydrogen) atoms. The molecule has 0 bridgehead atoms. The second-order valence-corrected chi connectivity index (χ2v) is 5.63. The average Bonchev–Trinajstić information content (AvgIpc) is 2.67. The fourth-order valence-electron chi connectivity index (χ4n) is 2.38. The summed E-state index contributed by atoms with van der Waals surface area (Å²) in [4.78, 5) is 23.0. The van der Waals surface area contributed by atoms with Crippen molar-refractivity contribution < 1.29 is 14.3 Å². The predicted molar refractivity (Wildman–Crippen MR) is 99.2 cm³/mol. The number of benzene rings is 2. The molecule has 4 heteroatoms. The van der Waals surface area contributed by atoms with Crippen LogP contribution in [0.25, 0.3) is 11.1 Å². The van der Waals surface area contributed by atoms with E-state index < -0.39 is 5.97 Å². The average molecular weight is 337 g/mol. The van der Waals surface area contributed by atoms with E-state index in [0.717, 1.165) is 36.5 Å². The second kappa shape index (κ2) is 10.1. The van der Waals surface area contributed by atoms with Crippen molar-refractivity contribution in [1.82, 2.24) is 5.32 Å². The lowest BCUT2D eigenvalue weighted by Crippen LogP contribution is -2.24. The Morgan fingerprint density at radius 2 is 1.60 bits per heavy atom. The fourth-order valence-corrected chi connectivity index (χ4v) is 2.38. The Morgan fingerprint density at radius 1 is 0.920 bits per heavy atom. The molecule has 0 aliphatic carbocycles. The van der Waals surface area contributed by atoms with Crippen molar-refractivity contribution in [1.29, 1.82) is 0 Å². The van der Waals surface area contributed by atoms with E-state index in [1.807, 2.05) is 54.6 Å². The summed E-state index contributed by atoms with van der Waals surface area (Å²) < 4.78 is 4.89. The maximum atomic E-state index is 12.1. The van der Waals surface area contributed by atoms with Crippen LogP contribution < -0.4 is 5.32 Å². The maximum Gasteiger partial charge on any atom is 0.330 e. The molecule has 0 aromatic heterocycles. The Bertz CT molecular complexity index is 693. The number of carbonyl (C=O) groups excluding carboxylic acids is 2. The molecule has 0 spiro atoms. The third kappa shape index (κ3) is 6.26. The highest BCUT2D eigenvalue weighted by molar-refractivity contribution is 5.94. The SMILES string of the molecule is C=CC(=O)OCCCCCNC(=O)c1ccc(-c2ccccc2)cc1. The summed E-state index contributed by atoms with van der Waals surface area (Å²) in [5.74, 6) is -0.468. The van der Waals surface area contributed by atoms with Crippen LogP contribution in [0, 0.1) is 0 Å². The number of esters is 1. The summed E-state index contributed by atoms with van der Waals surface area (Å²) in [5.41, 5.74) is 2.87. The highest BCUT2D eigenvalue weighted by Crippen LogP contribution is 2.19. The van der Waals surface area contributed by atoms with Crippen LogP contribution in [0.4, 0.5) is 0 Å². The van der Waals surface area contributed by atoms with Crippen molar-refractivity contribution in [2.75, 3.05) is 13.2 Å². The van der Waals surface area contributed by atoms with Gasteiger partial charge in [-0.3, -0.25) is 4.79 Å². The van der Waals surface area contributed by atoms with Crippen LogP contribution in [0.5, 0.6) is 0 Å². The minimum Gasteiger partial charge on any atom is -0.463 e. The van der Waals surface area contributed by atoms with Gasteiger partial charge < -0.3 is 10.1 Å². The Hall–Kier alpha value is -2.88. The first-order chi connectivity index (χ1) is 12.2. The molecule has 0 heterocycles. The zero-order valence-corrected chi connectivity index (χ0v) is 14.2. The molecule has 0 radical (unpaired) electrons. The van der Waals surface area contributed by atoms with E-state index in [4.69, 9.17) is 4.74 Å². The number of ether oxygens (including phenoxy) is 1. The minimum absolute atomic E-state index is 0.0716. The standard InChI is InChI=1S/C21H23NO3/c1-2-20(23)25-16-8-4-7-15-22-21(24)19-13-11-18(12-14-19)17-9-5-3-6-10-17/h2-3,5-6,9-14H,1,4,7-8,15-16H2,(H,22,24). The van der Waals surface area contributed by atoms with Gasteiger partial charge in [-0.25, -0.2) is 4.79 Å². The number of nitrogens with one attached hydrogen (secondary N) is 1. The molecule has 0 aliphatic heterocycles. The first-order valence-electron chi connectivity index (χ1n) is 8.43. The lowest BCUT2D eigenvalue weighted by atomic mass is 10.0. The molecule has 4 nitrogen and oxygen atoms in total. The van der Waals surface area contributed by atoms with Crippen LogP contribution in [0.15, 0.2) is 67.3 Å². The summed E-state index contributed by atoms with van der Waals surface area (Å²) in [5, 5.41) is 2.91. The Balaban J connectivity index is 1.69. The predicted octanol–water partition coefficient (Wildman–Crippen LogP) is 3.98. The molecule has 0 unspecified atom stereocenters. The highest BCUT2D eigenvalue weighted by atomic mass is 16.5. The van der Waals surface area contributed by atoms with Crippen LogP contribution >= 0.6 is 0 Å². The van der Waals surface area contributed by atoms with Gasteiger partial charge in [0, 0.05) is 18.2 Å². The highest BCUT2D eigenvalue weighted by Gasteiger charge is 2.05. The molecule has 2 aromatic rings. The molecule has 0 saturated heterocycles. The Labute approximate surface area is 148 Å². The van der Waals surface area contributed by atoms with Gasteiger partial charge in [-0.15, -0.1) is 0 Å². The van der Waals surface area contributed by atoms with E-state index in [2.05, 4.69) is 11.9 Å². The molecule has 0 fully saturated rings. The van der Waals surface area contributed by atoms with Gasteiger partial charge in [-0.1, -0.05) is 49.0 Å². The van der Waals surface area contributed by atoms with Gasteiger partial charge in [-0.2, -0.15) is 0 Å². The maximum absolute atomic E-state index is 12.1. The fraction of sp³-hybridized carbons (Fsp3) is 0.238. The van der Waals surface area contributed by atoms with Gasteiger partial charge in [0.15, 0.2) is 0 Å². The van der Waals surface area contributed by atoms with Crippen LogP contribution in [0.3, 0.4) is 0 Å². The van der Waals surface area contributed by atoms with Gasteiger partial charge in [-0.05, 0) is 42.5 Å². The van der Waals surface area contributed by atoms with Gasteiger partial charge in [0.25, 0.3) is 5.91 Å². The smallest absolute Gasteiger partial charge is 0.330 e. The molecule has 0 aliphatic rings. The zero-order chi connectivity index (χ0) is 17.9. The molecule has 2 rings (SSSR count). The minimum atomic E-state index is -0.396. The number of amides is 1. The largest absolute Gasteiger partial charge is 0.463 e. The molecule has 1 N–H and O–H groups in total. The molecule has 0 atom stereocenters. The van der Waals surface area contributed by atoms with Crippen LogP contribution in [-0.4, -0.2) is 25.0 Å². The van der Waals surface area contributed by atoms with Gasteiger partial charge >= 0.3 is 5.97 Å². The summed E-state index contributed by atoms with van der Waals surface area (Å²) in [6.07, 6.45) is 3.67. The van der Waals surface area contributed by atoms with E-state index in [1.54, 1.807) is 0 Å². The summed E-state index contributed by atoms with van der Waals surface area (Å²) in [6, 6.07) is 17.6. The first kappa shape index (κ1) is 18.5. The molecule has 0 saturated carbocycles. The lowest BCUT2D eigenvalue weighted by molar-refractivity contribution is -0.137. The van der Waals surface area contributed by atoms with Gasteiger partial charge in [0.05, 0.1) is 6.61 Å². The van der Waals surface area contributed by atoms with Gasteiger partial charge in [0.2, 0.25) is 0 Å². The Kier molecular flexibility index (Phi) is 7.44. The van der Waals surface area contributed by atoms with E-state index in [0.29, 0.717) is 18.7 Å². The summed E-state index contributed by atoms with van der Waals surface area (Å²) >= 11 is 0. The number of carbonyl (C=O) groups is 2. The van der Waals surface area contributed by atoms with Crippen molar-refractivity contribution >= 4 is 11.9 Å². The van der Waals surface area contributed by atoms with Crippen molar-refractivity contribution in [3.05, 3.63) is 72.8 Å². The molecule has 2 aromatic carbocycles. The molecule has 1 amide bonds. The topological polar surface area (TPSA) is 55.4 Å². The van der Waals surface area contributed by atoms with E-state index in [9.17, 15) is 9.59 Å². The van der Waals surface area contributed by atoms with Crippen LogP contribution in [0.2, 0.25) is 0 Å². The lowest BCUT2D eigenvalue weighted by Gasteiger charge is -2.07.